The largest absolute Gasteiger partial charge is 0.506 e. The maximum atomic E-state index is 12.2. The van der Waals surface area contributed by atoms with Crippen LogP contribution in [0.15, 0.2) is 23.0 Å². The maximum absolute atomic E-state index is 12.2. The molecule has 0 amide bonds. The van der Waals surface area contributed by atoms with Gasteiger partial charge in [-0.15, -0.1) is 0 Å². The molecule has 0 radical (unpaired) electrons. The first-order valence-electron chi connectivity index (χ1n) is 8.89. The number of rotatable bonds is 4. The summed E-state index contributed by atoms with van der Waals surface area (Å²) in [4.78, 5) is 21.5. The molecule has 2 saturated heterocycles. The molecule has 1 aromatic heterocycles. The van der Waals surface area contributed by atoms with Gasteiger partial charge in [-0.05, 0) is 37.9 Å². The fourth-order valence-corrected chi connectivity index (χ4v) is 4.03. The Morgan fingerprint density at radius 1 is 1.36 bits per heavy atom. The van der Waals surface area contributed by atoms with Crippen molar-refractivity contribution < 1.29 is 10.2 Å². The number of aliphatic hydroxyl groups is 1. The number of aromatic nitrogens is 2. The summed E-state index contributed by atoms with van der Waals surface area (Å²) >= 11 is 0. The van der Waals surface area contributed by atoms with Crippen molar-refractivity contribution in [2.75, 3.05) is 32.7 Å². The average molecular weight is 344 g/mol. The Balaban J connectivity index is 1.46. The summed E-state index contributed by atoms with van der Waals surface area (Å²) in [6.07, 6.45) is 2.12. The fraction of sp³-hybridized carbons (Fsp3) is 0.556. The van der Waals surface area contributed by atoms with Crippen molar-refractivity contribution in [1.82, 2.24) is 20.2 Å². The normalized spacial score (nSPS) is 21.3. The van der Waals surface area contributed by atoms with Gasteiger partial charge in [-0.3, -0.25) is 4.79 Å². The van der Waals surface area contributed by atoms with Crippen LogP contribution in [-0.2, 0) is 0 Å². The summed E-state index contributed by atoms with van der Waals surface area (Å²) in [6.45, 7) is 5.06. The quantitative estimate of drug-likeness (QED) is 0.653. The molecule has 2 aromatic rings. The molecule has 4 rings (SSSR count). The summed E-state index contributed by atoms with van der Waals surface area (Å²) < 4.78 is 0. The molecular weight excluding hydrogens is 320 g/mol. The van der Waals surface area contributed by atoms with Crippen molar-refractivity contribution >= 4 is 10.9 Å². The highest BCUT2D eigenvalue weighted by molar-refractivity contribution is 5.83. The molecule has 3 heterocycles. The van der Waals surface area contributed by atoms with Gasteiger partial charge in [0.05, 0.1) is 5.39 Å². The predicted molar refractivity (Wildman–Crippen MR) is 94.6 cm³/mol. The Morgan fingerprint density at radius 3 is 2.96 bits per heavy atom. The number of aliphatic hydroxyl groups excluding tert-OH is 1. The minimum absolute atomic E-state index is 0.0486. The summed E-state index contributed by atoms with van der Waals surface area (Å²) in [6, 6.07) is 4.70. The van der Waals surface area contributed by atoms with Gasteiger partial charge in [-0.25, -0.2) is 4.98 Å². The van der Waals surface area contributed by atoms with E-state index in [1.54, 1.807) is 12.1 Å². The van der Waals surface area contributed by atoms with Crippen LogP contribution in [-0.4, -0.2) is 57.8 Å². The van der Waals surface area contributed by atoms with Crippen LogP contribution in [0.5, 0.6) is 5.75 Å². The molecule has 1 unspecified atom stereocenters. The molecule has 1 aromatic carbocycles. The molecule has 2 fully saturated rings. The summed E-state index contributed by atoms with van der Waals surface area (Å²) in [7, 11) is 0. The smallest absolute Gasteiger partial charge is 0.258 e. The molecule has 0 saturated carbocycles. The molecule has 1 spiro atoms. The van der Waals surface area contributed by atoms with Crippen LogP contribution in [0.25, 0.3) is 10.9 Å². The zero-order valence-electron chi connectivity index (χ0n) is 14.2. The first-order valence-corrected chi connectivity index (χ1v) is 8.89. The van der Waals surface area contributed by atoms with E-state index >= 15 is 0 Å². The number of piperidine rings is 1. The van der Waals surface area contributed by atoms with E-state index in [-0.39, 0.29) is 22.6 Å². The van der Waals surface area contributed by atoms with Crippen LogP contribution in [0.1, 0.15) is 31.2 Å². The van der Waals surface area contributed by atoms with Gasteiger partial charge in [-0.2, -0.15) is 0 Å². The van der Waals surface area contributed by atoms with Gasteiger partial charge in [-0.1, -0.05) is 6.07 Å². The first kappa shape index (κ1) is 16.5. The molecule has 25 heavy (non-hydrogen) atoms. The number of phenolic OH excluding ortho intramolecular Hbond substituents is 1. The van der Waals surface area contributed by atoms with Crippen molar-refractivity contribution in [3.8, 4) is 5.75 Å². The Bertz CT molecular complexity index is 831. The van der Waals surface area contributed by atoms with Crippen molar-refractivity contribution in [2.24, 2.45) is 5.41 Å². The van der Waals surface area contributed by atoms with E-state index in [0.717, 1.165) is 32.7 Å². The standard InChI is InChI=1S/C18H24N4O3/c23-13-4-1-3-12-15(13)20-16(21-17(12)25)14(24)5-8-22-7-2-6-18(11-22)9-19-10-18/h1,3-4,14,19,23-24H,2,5-11H2,(H,20,21,25). The third-order valence-corrected chi connectivity index (χ3v) is 5.51. The van der Waals surface area contributed by atoms with Gasteiger partial charge >= 0.3 is 0 Å². The summed E-state index contributed by atoms with van der Waals surface area (Å²) in [5.41, 5.74) is 0.315. The molecular formula is C18H24N4O3. The van der Waals surface area contributed by atoms with Gasteiger partial charge in [0.2, 0.25) is 0 Å². The van der Waals surface area contributed by atoms with Crippen LogP contribution in [0.3, 0.4) is 0 Å². The van der Waals surface area contributed by atoms with E-state index in [1.165, 1.54) is 18.9 Å². The molecule has 7 nitrogen and oxygen atoms in total. The Kier molecular flexibility index (Phi) is 4.23. The van der Waals surface area contributed by atoms with E-state index in [9.17, 15) is 15.0 Å². The molecule has 1 atom stereocenters. The average Bonchev–Trinajstić information content (AvgIpc) is 2.59. The lowest BCUT2D eigenvalue weighted by atomic mass is 9.75. The van der Waals surface area contributed by atoms with Crippen LogP contribution < -0.4 is 10.9 Å². The first-order chi connectivity index (χ1) is 12.1. The number of para-hydroxylation sites is 1. The second kappa shape index (κ2) is 6.40. The second-order valence-electron chi connectivity index (χ2n) is 7.41. The molecule has 4 N–H and O–H groups in total. The van der Waals surface area contributed by atoms with E-state index in [2.05, 4.69) is 20.2 Å². The number of aromatic hydroxyl groups is 1. The van der Waals surface area contributed by atoms with Crippen molar-refractivity contribution in [2.45, 2.75) is 25.4 Å². The number of aromatic amines is 1. The fourth-order valence-electron chi connectivity index (χ4n) is 4.03. The lowest BCUT2D eigenvalue weighted by Gasteiger charge is -2.49. The zero-order chi connectivity index (χ0) is 17.4. The lowest BCUT2D eigenvalue weighted by molar-refractivity contribution is 0.0319. The Hall–Kier alpha value is -1.96. The van der Waals surface area contributed by atoms with E-state index in [1.807, 2.05) is 0 Å². The zero-order valence-corrected chi connectivity index (χ0v) is 14.2. The molecule has 0 aliphatic carbocycles. The number of benzene rings is 1. The Morgan fingerprint density at radius 2 is 2.20 bits per heavy atom. The lowest BCUT2D eigenvalue weighted by Crippen LogP contribution is -2.61. The highest BCUT2D eigenvalue weighted by Gasteiger charge is 2.40. The minimum Gasteiger partial charge on any atom is -0.506 e. The van der Waals surface area contributed by atoms with E-state index in [0.29, 0.717) is 17.2 Å². The van der Waals surface area contributed by atoms with Crippen LogP contribution in [0, 0.1) is 5.41 Å². The van der Waals surface area contributed by atoms with Gasteiger partial charge in [0.25, 0.3) is 5.56 Å². The monoisotopic (exact) mass is 344 g/mol. The molecule has 0 bridgehead atoms. The topological polar surface area (TPSA) is 101 Å². The molecule has 134 valence electrons. The second-order valence-corrected chi connectivity index (χ2v) is 7.41. The molecule has 2 aliphatic heterocycles. The highest BCUT2D eigenvalue weighted by atomic mass is 16.3. The number of nitrogens with one attached hydrogen (secondary N) is 2. The number of H-pyrrole nitrogens is 1. The van der Waals surface area contributed by atoms with Crippen molar-refractivity contribution in [1.29, 1.82) is 0 Å². The van der Waals surface area contributed by atoms with Crippen molar-refractivity contribution in [3.05, 3.63) is 34.4 Å². The van der Waals surface area contributed by atoms with Crippen LogP contribution in [0.2, 0.25) is 0 Å². The van der Waals surface area contributed by atoms with Crippen molar-refractivity contribution in [3.63, 3.8) is 0 Å². The highest BCUT2D eigenvalue weighted by Crippen LogP contribution is 2.33. The number of likely N-dealkylation sites (tertiary alicyclic amines) is 1. The van der Waals surface area contributed by atoms with Gasteiger partial charge in [0.15, 0.2) is 0 Å². The number of hydrogen-bond donors (Lipinski definition) is 4. The number of phenols is 1. The number of hydrogen-bond acceptors (Lipinski definition) is 6. The third kappa shape index (κ3) is 3.15. The van der Waals surface area contributed by atoms with Gasteiger partial charge in [0.1, 0.15) is 23.2 Å². The maximum Gasteiger partial charge on any atom is 0.258 e. The SMILES string of the molecule is O=c1[nH]c(C(O)CCN2CCCC3(CNC3)C2)nc2c(O)cccc12. The summed E-state index contributed by atoms with van der Waals surface area (Å²) in [5, 5.41) is 24.1. The van der Waals surface area contributed by atoms with E-state index < -0.39 is 6.10 Å². The number of fused-ring (bicyclic) bond motifs is 1. The molecule has 2 aliphatic rings. The number of nitrogens with zero attached hydrogens (tertiary/aromatic N) is 2. The van der Waals surface area contributed by atoms with Gasteiger partial charge < -0.3 is 25.4 Å². The Labute approximate surface area is 145 Å². The minimum atomic E-state index is -0.853. The predicted octanol–water partition coefficient (Wildman–Crippen LogP) is 0.738. The van der Waals surface area contributed by atoms with Crippen LogP contribution >= 0.6 is 0 Å². The van der Waals surface area contributed by atoms with Crippen LogP contribution in [0.4, 0.5) is 0 Å². The molecule has 7 heteroatoms. The third-order valence-electron chi connectivity index (χ3n) is 5.51. The van der Waals surface area contributed by atoms with Gasteiger partial charge in [0, 0.05) is 31.6 Å². The summed E-state index contributed by atoms with van der Waals surface area (Å²) in [5.74, 6) is 0.170. The van der Waals surface area contributed by atoms with E-state index in [4.69, 9.17) is 0 Å².